The highest BCUT2D eigenvalue weighted by Gasteiger charge is 2.14. The van der Waals surface area contributed by atoms with E-state index in [2.05, 4.69) is 9.97 Å². The molecule has 2 aromatic heterocycles. The van der Waals surface area contributed by atoms with E-state index >= 15 is 0 Å². The molecule has 0 aliphatic heterocycles. The summed E-state index contributed by atoms with van der Waals surface area (Å²) in [6, 6.07) is 13.7. The maximum Gasteiger partial charge on any atom is 0.178 e. The van der Waals surface area contributed by atoms with Crippen LogP contribution in [0.2, 0.25) is 0 Å². The summed E-state index contributed by atoms with van der Waals surface area (Å²) in [6.45, 7) is 1.04. The number of rotatable bonds is 5. The zero-order valence-electron chi connectivity index (χ0n) is 11.9. The number of nitrogens with zero attached hydrogens (tertiary/aromatic N) is 2. The lowest BCUT2D eigenvalue weighted by Crippen LogP contribution is -2.25. The number of Topliss-reactive ketones (excluding diaryl/α,β-unsaturated/α-hetero) is 1. The van der Waals surface area contributed by atoms with Crippen molar-refractivity contribution >= 4 is 16.7 Å². The Balaban J connectivity index is 1.71. The molecule has 0 bridgehead atoms. The number of nitrogens with one attached hydrogen (secondary N) is 1. The third-order valence-corrected chi connectivity index (χ3v) is 3.46. The van der Waals surface area contributed by atoms with Crippen LogP contribution >= 0.6 is 0 Å². The molecule has 0 aliphatic rings. The van der Waals surface area contributed by atoms with Crippen LogP contribution in [-0.4, -0.2) is 34.2 Å². The molecule has 0 radical (unpaired) electrons. The minimum atomic E-state index is 0.117. The number of para-hydroxylation sites is 1. The average molecular weight is 279 g/mol. The molecule has 0 spiro atoms. The van der Waals surface area contributed by atoms with Crippen molar-refractivity contribution in [1.29, 1.82) is 0 Å². The highest BCUT2D eigenvalue weighted by atomic mass is 16.1. The first-order valence-electron chi connectivity index (χ1n) is 6.92. The van der Waals surface area contributed by atoms with Crippen molar-refractivity contribution in [2.45, 2.75) is 6.54 Å². The van der Waals surface area contributed by atoms with Gasteiger partial charge < -0.3 is 4.98 Å². The molecule has 21 heavy (non-hydrogen) atoms. The van der Waals surface area contributed by atoms with Gasteiger partial charge in [-0.25, -0.2) is 0 Å². The number of pyridine rings is 1. The maximum atomic E-state index is 12.4. The van der Waals surface area contributed by atoms with Gasteiger partial charge in [0, 0.05) is 35.4 Å². The van der Waals surface area contributed by atoms with Crippen molar-refractivity contribution in [3.63, 3.8) is 0 Å². The Hall–Kier alpha value is -2.46. The van der Waals surface area contributed by atoms with Crippen molar-refractivity contribution in [3.8, 4) is 0 Å². The fourth-order valence-electron chi connectivity index (χ4n) is 2.46. The highest BCUT2D eigenvalue weighted by molar-refractivity contribution is 6.08. The van der Waals surface area contributed by atoms with Crippen molar-refractivity contribution in [3.05, 3.63) is 66.1 Å². The largest absolute Gasteiger partial charge is 0.360 e. The molecule has 106 valence electrons. The van der Waals surface area contributed by atoms with Crippen molar-refractivity contribution in [2.75, 3.05) is 13.6 Å². The molecule has 0 amide bonds. The number of carbonyl (C=O) groups is 1. The second kappa shape index (κ2) is 5.89. The standard InChI is InChI=1S/C17H17N3O/c1-20(11-13-6-4-5-9-18-13)12-17(21)15-10-19-16-8-3-2-7-14(15)16/h2-10,19H,11-12H2,1H3. The fourth-order valence-corrected chi connectivity index (χ4v) is 2.46. The Bertz CT molecular complexity index is 749. The van der Waals surface area contributed by atoms with E-state index in [-0.39, 0.29) is 5.78 Å². The van der Waals surface area contributed by atoms with Crippen LogP contribution in [0.15, 0.2) is 54.9 Å². The van der Waals surface area contributed by atoms with Gasteiger partial charge in [0.1, 0.15) is 0 Å². The van der Waals surface area contributed by atoms with E-state index in [0.29, 0.717) is 13.1 Å². The number of aromatic nitrogens is 2. The van der Waals surface area contributed by atoms with Crippen LogP contribution in [0.1, 0.15) is 16.1 Å². The number of benzene rings is 1. The van der Waals surface area contributed by atoms with E-state index in [1.165, 1.54) is 0 Å². The number of carbonyl (C=O) groups excluding carboxylic acids is 1. The topological polar surface area (TPSA) is 49.0 Å². The zero-order chi connectivity index (χ0) is 14.7. The van der Waals surface area contributed by atoms with Crippen molar-refractivity contribution in [1.82, 2.24) is 14.9 Å². The Morgan fingerprint density at radius 1 is 1.19 bits per heavy atom. The summed E-state index contributed by atoms with van der Waals surface area (Å²) in [5.74, 6) is 0.117. The summed E-state index contributed by atoms with van der Waals surface area (Å²) in [7, 11) is 1.93. The Morgan fingerprint density at radius 3 is 2.81 bits per heavy atom. The van der Waals surface area contributed by atoms with E-state index in [1.54, 1.807) is 12.4 Å². The van der Waals surface area contributed by atoms with Crippen molar-refractivity contribution in [2.24, 2.45) is 0 Å². The number of aromatic amines is 1. The van der Waals surface area contributed by atoms with Gasteiger partial charge in [-0.1, -0.05) is 24.3 Å². The first kappa shape index (κ1) is 13.5. The predicted molar refractivity (Wildman–Crippen MR) is 83.2 cm³/mol. The molecule has 1 N–H and O–H groups in total. The lowest BCUT2D eigenvalue weighted by atomic mass is 10.1. The summed E-state index contributed by atoms with van der Waals surface area (Å²) >= 11 is 0. The fraction of sp³-hybridized carbons (Fsp3) is 0.176. The molecule has 0 aliphatic carbocycles. The molecule has 0 atom stereocenters. The van der Waals surface area contributed by atoms with Gasteiger partial charge in [-0.05, 0) is 25.2 Å². The van der Waals surface area contributed by atoms with Gasteiger partial charge in [0.15, 0.2) is 5.78 Å². The zero-order valence-corrected chi connectivity index (χ0v) is 11.9. The van der Waals surface area contributed by atoms with Gasteiger partial charge in [0.25, 0.3) is 0 Å². The molecular formula is C17H17N3O. The number of likely N-dealkylation sites (N-methyl/N-ethyl adjacent to an activating group) is 1. The second-order valence-corrected chi connectivity index (χ2v) is 5.16. The van der Waals surface area contributed by atoms with Gasteiger partial charge in [-0.3, -0.25) is 14.7 Å². The summed E-state index contributed by atoms with van der Waals surface area (Å²) in [5.41, 5.74) is 2.71. The molecule has 0 fully saturated rings. The molecule has 4 nitrogen and oxygen atoms in total. The van der Waals surface area contributed by atoms with E-state index in [0.717, 1.165) is 22.2 Å². The minimum Gasteiger partial charge on any atom is -0.360 e. The molecule has 0 unspecified atom stereocenters. The molecule has 0 saturated carbocycles. The van der Waals surface area contributed by atoms with Crippen LogP contribution in [0, 0.1) is 0 Å². The van der Waals surface area contributed by atoms with Gasteiger partial charge in [0.05, 0.1) is 12.2 Å². The highest BCUT2D eigenvalue weighted by Crippen LogP contribution is 2.18. The number of ketones is 1. The number of hydrogen-bond donors (Lipinski definition) is 1. The first-order chi connectivity index (χ1) is 10.2. The summed E-state index contributed by atoms with van der Waals surface area (Å²) < 4.78 is 0. The first-order valence-corrected chi connectivity index (χ1v) is 6.92. The van der Waals surface area contributed by atoms with Crippen LogP contribution in [0.5, 0.6) is 0 Å². The normalized spacial score (nSPS) is 11.1. The van der Waals surface area contributed by atoms with Gasteiger partial charge in [-0.15, -0.1) is 0 Å². The molecule has 0 saturated heterocycles. The third kappa shape index (κ3) is 3.01. The van der Waals surface area contributed by atoms with Gasteiger partial charge in [-0.2, -0.15) is 0 Å². The van der Waals surface area contributed by atoms with E-state index in [1.807, 2.05) is 54.4 Å². The number of H-pyrrole nitrogens is 1. The summed E-state index contributed by atoms with van der Waals surface area (Å²) in [6.07, 6.45) is 3.56. The Labute approximate surface area is 123 Å². The average Bonchev–Trinajstić information content (AvgIpc) is 2.92. The smallest absolute Gasteiger partial charge is 0.178 e. The van der Waals surface area contributed by atoms with E-state index in [9.17, 15) is 4.79 Å². The second-order valence-electron chi connectivity index (χ2n) is 5.16. The van der Waals surface area contributed by atoms with Crippen LogP contribution in [0.3, 0.4) is 0 Å². The molecule has 3 aromatic rings. The molecule has 2 heterocycles. The maximum absolute atomic E-state index is 12.4. The summed E-state index contributed by atoms with van der Waals surface area (Å²) in [4.78, 5) is 21.8. The lowest BCUT2D eigenvalue weighted by molar-refractivity contribution is 0.0944. The number of hydrogen-bond acceptors (Lipinski definition) is 3. The number of fused-ring (bicyclic) bond motifs is 1. The Morgan fingerprint density at radius 2 is 2.00 bits per heavy atom. The SMILES string of the molecule is CN(CC(=O)c1c[nH]c2ccccc12)Cc1ccccn1. The molecule has 4 heteroatoms. The quantitative estimate of drug-likeness (QED) is 0.731. The van der Waals surface area contributed by atoms with Crippen LogP contribution in [0.25, 0.3) is 10.9 Å². The van der Waals surface area contributed by atoms with Crippen LogP contribution in [0.4, 0.5) is 0 Å². The molecular weight excluding hydrogens is 262 g/mol. The van der Waals surface area contributed by atoms with Gasteiger partial charge in [0.2, 0.25) is 0 Å². The van der Waals surface area contributed by atoms with Gasteiger partial charge >= 0.3 is 0 Å². The van der Waals surface area contributed by atoms with Crippen molar-refractivity contribution < 1.29 is 4.79 Å². The summed E-state index contributed by atoms with van der Waals surface area (Å²) in [5, 5.41) is 0.980. The molecule has 1 aromatic carbocycles. The van der Waals surface area contributed by atoms with Crippen LogP contribution < -0.4 is 0 Å². The Kier molecular flexibility index (Phi) is 3.79. The minimum absolute atomic E-state index is 0.117. The van der Waals surface area contributed by atoms with E-state index in [4.69, 9.17) is 0 Å². The molecule has 3 rings (SSSR count). The monoisotopic (exact) mass is 279 g/mol. The lowest BCUT2D eigenvalue weighted by Gasteiger charge is -2.14. The predicted octanol–water partition coefficient (Wildman–Crippen LogP) is 2.88. The van der Waals surface area contributed by atoms with E-state index < -0.39 is 0 Å². The third-order valence-electron chi connectivity index (χ3n) is 3.46. The van der Waals surface area contributed by atoms with Crippen LogP contribution in [-0.2, 0) is 6.54 Å².